The molecule has 1 amide bonds. The Kier molecular flexibility index (Phi) is 6.02. The molecule has 0 aliphatic carbocycles. The molecular formula is C24H26FNO4. The lowest BCUT2D eigenvalue weighted by Gasteiger charge is -2.37. The number of hydrogen-bond donors (Lipinski definition) is 0. The molecule has 4 rings (SSSR count). The quantitative estimate of drug-likeness (QED) is 0.701. The number of ether oxygens (including phenoxy) is 2. The second-order valence-corrected chi connectivity index (χ2v) is 8.10. The summed E-state index contributed by atoms with van der Waals surface area (Å²) in [5.74, 6) is 0.0889. The molecule has 2 heterocycles. The summed E-state index contributed by atoms with van der Waals surface area (Å²) in [6.45, 7) is 0.247. The van der Waals surface area contributed by atoms with Gasteiger partial charge in [0.25, 0.3) is 0 Å². The molecule has 5 nitrogen and oxygen atoms in total. The number of piperidine rings is 1. The van der Waals surface area contributed by atoms with Crippen LogP contribution in [0.15, 0.2) is 48.5 Å². The molecule has 0 radical (unpaired) electrons. The minimum Gasteiger partial charge on any atom is -0.496 e. The number of carbonyl (C=O) groups excluding carboxylic acids is 2. The molecule has 0 aromatic heterocycles. The lowest BCUT2D eigenvalue weighted by atomic mass is 9.85. The van der Waals surface area contributed by atoms with Crippen LogP contribution in [0.25, 0.3) is 0 Å². The van der Waals surface area contributed by atoms with Crippen LogP contribution >= 0.6 is 0 Å². The van der Waals surface area contributed by atoms with Crippen molar-refractivity contribution in [2.24, 2.45) is 5.92 Å². The first kappa shape index (κ1) is 20.4. The van der Waals surface area contributed by atoms with Crippen LogP contribution in [0.3, 0.4) is 0 Å². The highest BCUT2D eigenvalue weighted by atomic mass is 19.1. The maximum Gasteiger partial charge on any atom is 0.410 e. The number of amides is 1. The number of hydrogen-bond acceptors (Lipinski definition) is 4. The normalized spacial score (nSPS) is 22.6. The van der Waals surface area contributed by atoms with Crippen LogP contribution in [0.5, 0.6) is 5.75 Å². The minimum absolute atomic E-state index is 0.0235. The first-order valence-corrected chi connectivity index (χ1v) is 10.4. The predicted octanol–water partition coefficient (Wildman–Crippen LogP) is 4.53. The Morgan fingerprint density at radius 3 is 2.43 bits per heavy atom. The third-order valence-corrected chi connectivity index (χ3v) is 6.21. The van der Waals surface area contributed by atoms with Gasteiger partial charge in [-0.15, -0.1) is 0 Å². The van der Waals surface area contributed by atoms with Gasteiger partial charge in [-0.05, 0) is 49.4 Å². The van der Waals surface area contributed by atoms with Crippen LogP contribution in [0, 0.1) is 11.7 Å². The van der Waals surface area contributed by atoms with Crippen molar-refractivity contribution in [2.75, 3.05) is 7.11 Å². The highest BCUT2D eigenvalue weighted by Crippen LogP contribution is 2.40. The van der Waals surface area contributed by atoms with Crippen molar-refractivity contribution in [3.63, 3.8) is 0 Å². The van der Waals surface area contributed by atoms with Crippen LogP contribution in [-0.4, -0.2) is 36.0 Å². The standard InChI is InChI=1S/C24H26FNO4/c1-29-23-10-7-19(25)11-18(23)14-22(27)17-12-20-8-9-21(13-17)26(20)24(28)30-15-16-5-3-2-4-6-16/h2-7,10-11,17,20-21H,8-9,12-15H2,1H3. The Labute approximate surface area is 175 Å². The van der Waals surface area contributed by atoms with Gasteiger partial charge in [-0.1, -0.05) is 30.3 Å². The van der Waals surface area contributed by atoms with E-state index in [1.807, 2.05) is 35.2 Å². The van der Waals surface area contributed by atoms with E-state index < -0.39 is 0 Å². The Balaban J connectivity index is 1.37. The smallest absolute Gasteiger partial charge is 0.410 e. The Hall–Kier alpha value is -2.89. The number of ketones is 1. The summed E-state index contributed by atoms with van der Waals surface area (Å²) in [5, 5.41) is 0. The average Bonchev–Trinajstić information content (AvgIpc) is 3.02. The molecule has 0 N–H and O–H groups in total. The van der Waals surface area contributed by atoms with E-state index in [9.17, 15) is 14.0 Å². The van der Waals surface area contributed by atoms with Gasteiger partial charge in [0.05, 0.1) is 7.11 Å². The SMILES string of the molecule is COc1ccc(F)cc1CC(=O)C1CC2CCC(C1)N2C(=O)OCc1ccccc1. The molecule has 2 fully saturated rings. The molecule has 2 bridgehead atoms. The predicted molar refractivity (Wildman–Crippen MR) is 110 cm³/mol. The van der Waals surface area contributed by atoms with E-state index in [1.165, 1.54) is 19.2 Å². The fourth-order valence-electron chi connectivity index (χ4n) is 4.75. The van der Waals surface area contributed by atoms with Crippen LogP contribution < -0.4 is 4.74 Å². The summed E-state index contributed by atoms with van der Waals surface area (Å²) in [4.78, 5) is 27.5. The van der Waals surface area contributed by atoms with Gasteiger partial charge in [-0.25, -0.2) is 9.18 Å². The van der Waals surface area contributed by atoms with Crippen molar-refractivity contribution in [1.82, 2.24) is 4.90 Å². The largest absolute Gasteiger partial charge is 0.496 e. The van der Waals surface area contributed by atoms with Crippen LogP contribution in [0.4, 0.5) is 9.18 Å². The van der Waals surface area contributed by atoms with Gasteiger partial charge in [-0.2, -0.15) is 0 Å². The first-order valence-electron chi connectivity index (χ1n) is 10.4. The Morgan fingerprint density at radius 1 is 1.07 bits per heavy atom. The molecule has 2 aromatic rings. The highest BCUT2D eigenvalue weighted by Gasteiger charge is 2.45. The van der Waals surface area contributed by atoms with Crippen molar-refractivity contribution in [2.45, 2.75) is 50.8 Å². The van der Waals surface area contributed by atoms with Gasteiger partial charge < -0.3 is 14.4 Å². The highest BCUT2D eigenvalue weighted by molar-refractivity contribution is 5.84. The van der Waals surface area contributed by atoms with Crippen molar-refractivity contribution in [1.29, 1.82) is 0 Å². The van der Waals surface area contributed by atoms with E-state index in [2.05, 4.69) is 0 Å². The fourth-order valence-corrected chi connectivity index (χ4v) is 4.75. The molecule has 2 aliphatic heterocycles. The van der Waals surface area contributed by atoms with Crippen LogP contribution in [0.1, 0.15) is 36.8 Å². The Morgan fingerprint density at radius 2 is 1.77 bits per heavy atom. The first-order chi connectivity index (χ1) is 14.5. The van der Waals surface area contributed by atoms with E-state index in [-0.39, 0.29) is 48.7 Å². The van der Waals surface area contributed by atoms with E-state index in [0.29, 0.717) is 24.2 Å². The van der Waals surface area contributed by atoms with Crippen molar-refractivity contribution >= 4 is 11.9 Å². The number of nitrogens with zero attached hydrogens (tertiary/aromatic N) is 1. The van der Waals surface area contributed by atoms with E-state index in [0.717, 1.165) is 18.4 Å². The van der Waals surface area contributed by atoms with Gasteiger partial charge in [0.2, 0.25) is 0 Å². The second-order valence-electron chi connectivity index (χ2n) is 8.10. The number of benzene rings is 2. The molecule has 0 saturated carbocycles. The molecule has 2 aromatic carbocycles. The summed E-state index contributed by atoms with van der Waals surface area (Å²) in [6.07, 6.45) is 2.88. The fraction of sp³-hybridized carbons (Fsp3) is 0.417. The molecular weight excluding hydrogens is 385 g/mol. The average molecular weight is 411 g/mol. The summed E-state index contributed by atoms with van der Waals surface area (Å²) in [5.41, 5.74) is 1.52. The van der Waals surface area contributed by atoms with E-state index in [1.54, 1.807) is 6.07 Å². The second kappa shape index (κ2) is 8.86. The molecule has 2 aliphatic rings. The molecule has 2 atom stereocenters. The van der Waals surface area contributed by atoms with Crippen LogP contribution in [-0.2, 0) is 22.6 Å². The summed E-state index contributed by atoms with van der Waals surface area (Å²) >= 11 is 0. The number of carbonyl (C=O) groups is 2. The number of halogens is 1. The zero-order valence-corrected chi connectivity index (χ0v) is 17.1. The topological polar surface area (TPSA) is 55.8 Å². The van der Waals surface area contributed by atoms with Crippen LogP contribution in [0.2, 0.25) is 0 Å². The van der Waals surface area contributed by atoms with Gasteiger partial charge in [-0.3, -0.25) is 4.79 Å². The van der Waals surface area contributed by atoms with Gasteiger partial charge in [0, 0.05) is 30.0 Å². The number of fused-ring (bicyclic) bond motifs is 2. The zero-order valence-electron chi connectivity index (χ0n) is 17.1. The summed E-state index contributed by atoms with van der Waals surface area (Å²) in [7, 11) is 1.51. The number of methoxy groups -OCH3 is 1. The summed E-state index contributed by atoms with van der Waals surface area (Å²) in [6, 6.07) is 13.9. The van der Waals surface area contributed by atoms with Crippen molar-refractivity contribution < 1.29 is 23.5 Å². The van der Waals surface area contributed by atoms with E-state index in [4.69, 9.17) is 9.47 Å². The minimum atomic E-state index is -0.380. The lowest BCUT2D eigenvalue weighted by Crippen LogP contribution is -2.48. The van der Waals surface area contributed by atoms with Gasteiger partial charge >= 0.3 is 6.09 Å². The van der Waals surface area contributed by atoms with Crippen molar-refractivity contribution in [3.05, 3.63) is 65.5 Å². The van der Waals surface area contributed by atoms with Gasteiger partial charge in [0.15, 0.2) is 0 Å². The molecule has 2 unspecified atom stereocenters. The monoisotopic (exact) mass is 411 g/mol. The summed E-state index contributed by atoms with van der Waals surface area (Å²) < 4.78 is 24.4. The number of rotatable bonds is 6. The zero-order chi connectivity index (χ0) is 21.1. The third kappa shape index (κ3) is 4.32. The lowest BCUT2D eigenvalue weighted by molar-refractivity contribution is -0.124. The molecule has 0 spiro atoms. The number of Topliss-reactive ketones (excluding diaryl/α,β-unsaturated/α-hetero) is 1. The van der Waals surface area contributed by atoms with Gasteiger partial charge in [0.1, 0.15) is 24.0 Å². The maximum absolute atomic E-state index is 13.6. The molecule has 158 valence electrons. The Bertz CT molecular complexity index is 903. The van der Waals surface area contributed by atoms with Crippen molar-refractivity contribution in [3.8, 4) is 5.75 Å². The maximum atomic E-state index is 13.6. The van der Waals surface area contributed by atoms with E-state index >= 15 is 0 Å². The molecule has 6 heteroatoms. The molecule has 2 saturated heterocycles. The molecule has 30 heavy (non-hydrogen) atoms. The third-order valence-electron chi connectivity index (χ3n) is 6.21.